The molecule has 1 aromatic heterocycles. The molecule has 0 aliphatic heterocycles. The Balaban J connectivity index is 2.65. The van der Waals surface area contributed by atoms with Crippen LogP contribution in [0.25, 0.3) is 5.57 Å². The highest BCUT2D eigenvalue weighted by Crippen LogP contribution is 2.23. The number of hydrogen-bond donors (Lipinski definition) is 0. The molecular weight excluding hydrogens is 188 g/mol. The Kier molecular flexibility index (Phi) is 4.15. The Labute approximate surface area is 91.0 Å². The van der Waals surface area contributed by atoms with Gasteiger partial charge in [-0.05, 0) is 51.8 Å². The van der Waals surface area contributed by atoms with Gasteiger partial charge in [0.15, 0.2) is 0 Å². The highest BCUT2D eigenvalue weighted by molar-refractivity contribution is 7.13. The molecule has 0 saturated carbocycles. The molecule has 0 saturated heterocycles. The van der Waals surface area contributed by atoms with Crippen LogP contribution in [-0.4, -0.2) is 0 Å². The van der Waals surface area contributed by atoms with Crippen molar-refractivity contribution in [2.75, 3.05) is 0 Å². The predicted molar refractivity (Wildman–Crippen MR) is 66.8 cm³/mol. The van der Waals surface area contributed by atoms with Gasteiger partial charge in [-0.2, -0.15) is 0 Å². The lowest BCUT2D eigenvalue weighted by molar-refractivity contribution is 1.28. The van der Waals surface area contributed by atoms with Crippen LogP contribution in [0.1, 0.15) is 36.9 Å². The fourth-order valence-corrected chi connectivity index (χ4v) is 2.08. The minimum Gasteiger partial charge on any atom is -0.141 e. The summed E-state index contributed by atoms with van der Waals surface area (Å²) in [4.78, 5) is 2.78. The molecule has 0 nitrogen and oxygen atoms in total. The van der Waals surface area contributed by atoms with E-state index in [9.17, 15) is 0 Å². The standard InChI is InChI=1S/C13H18S/c1-10(2)6-5-7-11(3)13-9-8-12(4)14-13/h6-9H,5H2,1-4H3/b11-7+. The predicted octanol–water partition coefficient (Wildman–Crippen LogP) is 4.82. The van der Waals surface area contributed by atoms with Crippen LogP contribution in [0.4, 0.5) is 0 Å². The zero-order valence-electron chi connectivity index (χ0n) is 9.42. The number of aryl methyl sites for hydroxylation is 1. The second-order valence-corrected chi connectivity index (χ2v) is 5.10. The highest BCUT2D eigenvalue weighted by atomic mass is 32.1. The summed E-state index contributed by atoms with van der Waals surface area (Å²) in [6.07, 6.45) is 5.59. The monoisotopic (exact) mass is 206 g/mol. The molecule has 0 unspecified atom stereocenters. The molecule has 0 radical (unpaired) electrons. The van der Waals surface area contributed by atoms with Crippen molar-refractivity contribution in [2.24, 2.45) is 0 Å². The molecule has 14 heavy (non-hydrogen) atoms. The highest BCUT2D eigenvalue weighted by Gasteiger charge is 1.97. The number of thiophene rings is 1. The maximum absolute atomic E-state index is 2.29. The molecule has 1 rings (SSSR count). The smallest absolute Gasteiger partial charge is 0.0299 e. The number of allylic oxidation sites excluding steroid dienone is 4. The maximum atomic E-state index is 2.29. The summed E-state index contributed by atoms with van der Waals surface area (Å²) in [6.45, 7) is 8.61. The largest absolute Gasteiger partial charge is 0.141 e. The Morgan fingerprint density at radius 1 is 1.21 bits per heavy atom. The van der Waals surface area contributed by atoms with E-state index >= 15 is 0 Å². The summed E-state index contributed by atoms with van der Waals surface area (Å²) in [6, 6.07) is 4.38. The third kappa shape index (κ3) is 3.51. The van der Waals surface area contributed by atoms with Crippen LogP contribution >= 0.6 is 11.3 Å². The van der Waals surface area contributed by atoms with E-state index in [0.717, 1.165) is 6.42 Å². The van der Waals surface area contributed by atoms with Crippen molar-refractivity contribution >= 4 is 16.9 Å². The fraction of sp³-hybridized carbons (Fsp3) is 0.385. The van der Waals surface area contributed by atoms with Crippen LogP contribution in [0.3, 0.4) is 0 Å². The van der Waals surface area contributed by atoms with Gasteiger partial charge in [0.1, 0.15) is 0 Å². The van der Waals surface area contributed by atoms with E-state index in [0.29, 0.717) is 0 Å². The molecular formula is C13H18S. The van der Waals surface area contributed by atoms with Crippen molar-refractivity contribution in [3.8, 4) is 0 Å². The Bertz CT molecular complexity index is 349. The summed E-state index contributed by atoms with van der Waals surface area (Å²) in [5, 5.41) is 0. The minimum atomic E-state index is 1.05. The van der Waals surface area contributed by atoms with Gasteiger partial charge < -0.3 is 0 Å². The van der Waals surface area contributed by atoms with Gasteiger partial charge in [0, 0.05) is 9.75 Å². The zero-order chi connectivity index (χ0) is 10.6. The van der Waals surface area contributed by atoms with Gasteiger partial charge in [0.05, 0.1) is 0 Å². The van der Waals surface area contributed by atoms with Crippen molar-refractivity contribution in [3.05, 3.63) is 39.6 Å². The van der Waals surface area contributed by atoms with Crippen molar-refractivity contribution in [1.82, 2.24) is 0 Å². The summed E-state index contributed by atoms with van der Waals surface area (Å²) in [7, 11) is 0. The molecule has 0 N–H and O–H groups in total. The molecule has 0 amide bonds. The van der Waals surface area contributed by atoms with Crippen LogP contribution < -0.4 is 0 Å². The van der Waals surface area contributed by atoms with E-state index in [2.05, 4.69) is 52.0 Å². The van der Waals surface area contributed by atoms with Crippen molar-refractivity contribution < 1.29 is 0 Å². The van der Waals surface area contributed by atoms with Crippen molar-refractivity contribution in [2.45, 2.75) is 34.1 Å². The zero-order valence-corrected chi connectivity index (χ0v) is 10.2. The van der Waals surface area contributed by atoms with E-state index in [1.165, 1.54) is 20.9 Å². The first-order valence-corrected chi connectivity index (χ1v) is 5.78. The van der Waals surface area contributed by atoms with Gasteiger partial charge in [-0.1, -0.05) is 17.7 Å². The second kappa shape index (κ2) is 5.16. The molecule has 76 valence electrons. The molecule has 0 aliphatic carbocycles. The molecule has 1 heterocycles. The molecule has 0 fully saturated rings. The topological polar surface area (TPSA) is 0 Å². The number of rotatable bonds is 3. The SMILES string of the molecule is CC(C)=CC/C=C(\C)c1ccc(C)s1. The van der Waals surface area contributed by atoms with E-state index in [1.807, 2.05) is 11.3 Å². The molecule has 0 bridgehead atoms. The lowest BCUT2D eigenvalue weighted by atomic mass is 10.2. The quantitative estimate of drug-likeness (QED) is 0.622. The molecule has 0 atom stereocenters. The second-order valence-electron chi connectivity index (χ2n) is 3.81. The third-order valence-electron chi connectivity index (χ3n) is 2.08. The normalized spacial score (nSPS) is 11.6. The fourth-order valence-electron chi connectivity index (χ4n) is 1.22. The van der Waals surface area contributed by atoms with E-state index < -0.39 is 0 Å². The van der Waals surface area contributed by atoms with Crippen molar-refractivity contribution in [3.63, 3.8) is 0 Å². The first kappa shape index (κ1) is 11.3. The molecule has 0 aromatic carbocycles. The van der Waals surface area contributed by atoms with Gasteiger partial charge in [-0.3, -0.25) is 0 Å². The lowest BCUT2D eigenvalue weighted by Gasteiger charge is -1.95. The van der Waals surface area contributed by atoms with Crippen LogP contribution in [0.15, 0.2) is 29.9 Å². The number of hydrogen-bond acceptors (Lipinski definition) is 1. The van der Waals surface area contributed by atoms with Crippen LogP contribution in [0, 0.1) is 6.92 Å². The average Bonchev–Trinajstić information content (AvgIpc) is 2.51. The third-order valence-corrected chi connectivity index (χ3v) is 3.22. The van der Waals surface area contributed by atoms with Gasteiger partial charge in [0.25, 0.3) is 0 Å². The molecule has 1 aromatic rings. The van der Waals surface area contributed by atoms with Gasteiger partial charge in [0.2, 0.25) is 0 Å². The Morgan fingerprint density at radius 2 is 1.93 bits per heavy atom. The van der Waals surface area contributed by atoms with Crippen LogP contribution in [0.5, 0.6) is 0 Å². The van der Waals surface area contributed by atoms with E-state index in [4.69, 9.17) is 0 Å². The molecule has 0 spiro atoms. The minimum absolute atomic E-state index is 1.05. The van der Waals surface area contributed by atoms with Gasteiger partial charge in [-0.25, -0.2) is 0 Å². The first-order valence-electron chi connectivity index (χ1n) is 4.96. The molecule has 0 aliphatic rings. The van der Waals surface area contributed by atoms with Crippen LogP contribution in [0.2, 0.25) is 0 Å². The summed E-state index contributed by atoms with van der Waals surface area (Å²) >= 11 is 1.87. The van der Waals surface area contributed by atoms with Crippen LogP contribution in [-0.2, 0) is 0 Å². The van der Waals surface area contributed by atoms with Crippen molar-refractivity contribution in [1.29, 1.82) is 0 Å². The Hall–Kier alpha value is -0.820. The van der Waals surface area contributed by atoms with Gasteiger partial charge in [-0.15, -0.1) is 11.3 Å². The summed E-state index contributed by atoms with van der Waals surface area (Å²) in [5.74, 6) is 0. The van der Waals surface area contributed by atoms with Gasteiger partial charge >= 0.3 is 0 Å². The maximum Gasteiger partial charge on any atom is 0.0299 e. The summed E-state index contributed by atoms with van der Waals surface area (Å²) in [5.41, 5.74) is 2.78. The summed E-state index contributed by atoms with van der Waals surface area (Å²) < 4.78 is 0. The molecule has 1 heteroatoms. The van der Waals surface area contributed by atoms with E-state index in [1.54, 1.807) is 0 Å². The van der Waals surface area contributed by atoms with E-state index in [-0.39, 0.29) is 0 Å². The Morgan fingerprint density at radius 3 is 2.43 bits per heavy atom. The first-order chi connectivity index (χ1) is 6.59. The lowest BCUT2D eigenvalue weighted by Crippen LogP contribution is -1.71. The average molecular weight is 206 g/mol.